The first kappa shape index (κ1) is 18.9. The Morgan fingerprint density at radius 3 is 2.83 bits per heavy atom. The van der Waals surface area contributed by atoms with E-state index < -0.39 is 5.97 Å². The molecule has 1 unspecified atom stereocenters. The van der Waals surface area contributed by atoms with Crippen molar-refractivity contribution >= 4 is 29.6 Å². The third-order valence-corrected chi connectivity index (χ3v) is 5.93. The summed E-state index contributed by atoms with van der Waals surface area (Å²) in [4.78, 5) is 26.6. The first-order chi connectivity index (χ1) is 11.6. The zero-order chi connectivity index (χ0) is 17.4. The van der Waals surface area contributed by atoms with Gasteiger partial charge >= 0.3 is 5.97 Å². The van der Waals surface area contributed by atoms with Crippen molar-refractivity contribution in [1.29, 1.82) is 0 Å². The van der Waals surface area contributed by atoms with Gasteiger partial charge in [-0.05, 0) is 25.7 Å². The molecule has 0 radical (unpaired) electrons. The van der Waals surface area contributed by atoms with E-state index in [0.717, 1.165) is 37.9 Å². The van der Waals surface area contributed by atoms with Crippen LogP contribution in [0, 0.1) is 0 Å². The maximum atomic E-state index is 11.7. The number of rotatable bonds is 11. The van der Waals surface area contributed by atoms with Crippen LogP contribution in [0.3, 0.4) is 0 Å². The van der Waals surface area contributed by atoms with E-state index in [1.165, 1.54) is 0 Å². The Morgan fingerprint density at radius 1 is 1.25 bits per heavy atom. The number of fused-ring (bicyclic) bond motifs is 1. The Kier molecular flexibility index (Phi) is 7.68. The standard InChI is InChI=1S/C16H28N4O3S/c17-16-19-11-10-24-12(15(11)20-16)6-3-4-7-13(21)18-9-5-1-2-8-14(22)23/h11-12,15H,1-10H2,(H,18,21)(H,22,23)(H3,17,19,20)/t11?,12-,15-/m0/s1. The molecule has 1 fully saturated rings. The van der Waals surface area contributed by atoms with E-state index in [1.807, 2.05) is 11.8 Å². The van der Waals surface area contributed by atoms with Gasteiger partial charge in [0.05, 0.1) is 12.1 Å². The fourth-order valence-electron chi connectivity index (χ4n) is 3.15. The van der Waals surface area contributed by atoms with Gasteiger partial charge in [0.1, 0.15) is 0 Å². The van der Waals surface area contributed by atoms with Gasteiger partial charge in [0.25, 0.3) is 0 Å². The quantitative estimate of drug-likeness (QED) is 0.412. The average molecular weight is 356 g/mol. The largest absolute Gasteiger partial charge is 0.481 e. The highest BCUT2D eigenvalue weighted by atomic mass is 32.2. The fraction of sp³-hybridized carbons (Fsp3) is 0.812. The van der Waals surface area contributed by atoms with Crippen molar-refractivity contribution in [2.75, 3.05) is 12.3 Å². The number of carboxylic acid groups (broad SMARTS) is 1. The molecule has 2 aliphatic heterocycles. The van der Waals surface area contributed by atoms with Gasteiger partial charge in [0.15, 0.2) is 5.96 Å². The van der Waals surface area contributed by atoms with Crippen LogP contribution in [0.1, 0.15) is 51.4 Å². The topological polar surface area (TPSA) is 117 Å². The Bertz CT molecular complexity index is 472. The lowest BCUT2D eigenvalue weighted by Crippen LogP contribution is -2.38. The van der Waals surface area contributed by atoms with Crippen molar-refractivity contribution < 1.29 is 14.7 Å². The zero-order valence-electron chi connectivity index (χ0n) is 14.0. The van der Waals surface area contributed by atoms with Crippen LogP contribution < -0.4 is 16.4 Å². The molecule has 2 heterocycles. The maximum absolute atomic E-state index is 11.7. The maximum Gasteiger partial charge on any atom is 0.303 e. The molecule has 2 aliphatic rings. The molecule has 24 heavy (non-hydrogen) atoms. The number of unbranched alkanes of at least 4 members (excludes halogenated alkanes) is 3. The number of carbonyl (C=O) groups excluding carboxylic acids is 1. The van der Waals surface area contributed by atoms with E-state index in [4.69, 9.17) is 10.8 Å². The number of amides is 1. The number of thioether (sulfide) groups is 1. The Balaban J connectivity index is 1.46. The Labute approximate surface area is 147 Å². The summed E-state index contributed by atoms with van der Waals surface area (Å²) in [5, 5.41) is 15.2. The summed E-state index contributed by atoms with van der Waals surface area (Å²) >= 11 is 1.95. The summed E-state index contributed by atoms with van der Waals surface area (Å²) in [5.41, 5.74) is 5.72. The molecule has 5 N–H and O–H groups in total. The molecule has 0 aromatic heterocycles. The van der Waals surface area contributed by atoms with Crippen LogP contribution in [0.15, 0.2) is 4.99 Å². The van der Waals surface area contributed by atoms with Gasteiger partial charge in [-0.3, -0.25) is 9.59 Å². The van der Waals surface area contributed by atoms with E-state index in [9.17, 15) is 9.59 Å². The zero-order valence-corrected chi connectivity index (χ0v) is 14.8. The molecule has 1 amide bonds. The second-order valence-electron chi connectivity index (χ2n) is 6.43. The van der Waals surface area contributed by atoms with Crippen molar-refractivity contribution in [2.24, 2.45) is 10.7 Å². The summed E-state index contributed by atoms with van der Waals surface area (Å²) in [6, 6.07) is 0.694. The third-order valence-electron chi connectivity index (χ3n) is 4.44. The minimum absolute atomic E-state index is 0.0926. The van der Waals surface area contributed by atoms with Crippen LogP contribution >= 0.6 is 11.8 Å². The van der Waals surface area contributed by atoms with Gasteiger partial charge in [0, 0.05) is 30.4 Å². The second kappa shape index (κ2) is 9.76. The van der Waals surface area contributed by atoms with Crippen molar-refractivity contribution in [3.05, 3.63) is 0 Å². The number of guanidine groups is 1. The number of nitrogens with one attached hydrogen (secondary N) is 2. The molecule has 2 rings (SSSR count). The Morgan fingerprint density at radius 2 is 2.04 bits per heavy atom. The molecule has 0 spiro atoms. The van der Waals surface area contributed by atoms with Gasteiger partial charge in [-0.2, -0.15) is 11.8 Å². The van der Waals surface area contributed by atoms with Crippen molar-refractivity contribution in [2.45, 2.75) is 68.7 Å². The predicted octanol–water partition coefficient (Wildman–Crippen LogP) is 1.08. The highest BCUT2D eigenvalue weighted by Gasteiger charge is 2.39. The van der Waals surface area contributed by atoms with Crippen molar-refractivity contribution in [1.82, 2.24) is 10.6 Å². The molecular weight excluding hydrogens is 328 g/mol. The highest BCUT2D eigenvalue weighted by Crippen LogP contribution is 2.35. The number of carbonyl (C=O) groups is 2. The molecule has 0 saturated carbocycles. The van der Waals surface area contributed by atoms with Crippen LogP contribution in [0.5, 0.6) is 0 Å². The number of hydrogen-bond acceptors (Lipinski definition) is 6. The average Bonchev–Trinajstić information content (AvgIpc) is 3.06. The molecule has 136 valence electrons. The van der Waals surface area contributed by atoms with Crippen LogP contribution in [-0.4, -0.2) is 52.6 Å². The predicted molar refractivity (Wildman–Crippen MR) is 96.2 cm³/mol. The van der Waals surface area contributed by atoms with Gasteiger partial charge in [-0.25, -0.2) is 4.99 Å². The lowest BCUT2D eigenvalue weighted by molar-refractivity contribution is -0.137. The van der Waals surface area contributed by atoms with Crippen molar-refractivity contribution in [3.8, 4) is 0 Å². The van der Waals surface area contributed by atoms with Gasteiger partial charge < -0.3 is 21.5 Å². The minimum atomic E-state index is -0.757. The molecule has 0 bridgehead atoms. The molecule has 0 aliphatic carbocycles. The lowest BCUT2D eigenvalue weighted by Gasteiger charge is -2.14. The molecular formula is C16H28N4O3S. The first-order valence-corrected chi connectivity index (χ1v) is 9.81. The van der Waals surface area contributed by atoms with E-state index in [2.05, 4.69) is 15.6 Å². The van der Waals surface area contributed by atoms with E-state index in [0.29, 0.717) is 42.7 Å². The number of nitrogens with two attached hydrogens (primary N) is 1. The monoisotopic (exact) mass is 356 g/mol. The summed E-state index contributed by atoms with van der Waals surface area (Å²) in [6.45, 7) is 0.639. The molecule has 7 nitrogen and oxygen atoms in total. The smallest absolute Gasteiger partial charge is 0.303 e. The van der Waals surface area contributed by atoms with Gasteiger partial charge in [0.2, 0.25) is 5.91 Å². The number of nitrogens with zero attached hydrogens (tertiary/aromatic N) is 1. The van der Waals surface area contributed by atoms with Crippen molar-refractivity contribution in [3.63, 3.8) is 0 Å². The number of hydrogen-bond donors (Lipinski definition) is 4. The fourth-order valence-corrected chi connectivity index (χ4v) is 4.67. The highest BCUT2D eigenvalue weighted by molar-refractivity contribution is 8.00. The van der Waals surface area contributed by atoms with Crippen LogP contribution in [0.2, 0.25) is 0 Å². The molecule has 3 atom stereocenters. The van der Waals surface area contributed by atoms with E-state index in [-0.39, 0.29) is 12.3 Å². The normalized spacial score (nSPS) is 25.0. The number of aliphatic carboxylic acids is 1. The molecule has 0 aromatic rings. The SMILES string of the molecule is NC1=N[C@H]2C(CS[C@H]2CCCCC(=O)NCCCCCC(=O)O)N1. The first-order valence-electron chi connectivity index (χ1n) is 8.76. The number of carboxylic acids is 1. The van der Waals surface area contributed by atoms with Gasteiger partial charge in [-0.15, -0.1) is 0 Å². The summed E-state index contributed by atoms with van der Waals surface area (Å²) in [5.74, 6) is 0.961. The van der Waals surface area contributed by atoms with Gasteiger partial charge in [-0.1, -0.05) is 12.8 Å². The van der Waals surface area contributed by atoms with Crippen LogP contribution in [-0.2, 0) is 9.59 Å². The Hall–Kier alpha value is -1.44. The van der Waals surface area contributed by atoms with Crippen LogP contribution in [0.4, 0.5) is 0 Å². The summed E-state index contributed by atoms with van der Waals surface area (Å²) in [6.07, 6.45) is 6.12. The summed E-state index contributed by atoms with van der Waals surface area (Å²) in [7, 11) is 0. The molecule has 8 heteroatoms. The number of aliphatic imine (C=N–C) groups is 1. The van der Waals surface area contributed by atoms with E-state index in [1.54, 1.807) is 0 Å². The molecule has 1 saturated heterocycles. The third kappa shape index (κ3) is 6.22. The van der Waals surface area contributed by atoms with E-state index >= 15 is 0 Å². The lowest BCUT2D eigenvalue weighted by atomic mass is 10.0. The van der Waals surface area contributed by atoms with Crippen LogP contribution in [0.25, 0.3) is 0 Å². The minimum Gasteiger partial charge on any atom is -0.481 e. The summed E-state index contributed by atoms with van der Waals surface area (Å²) < 4.78 is 0. The second-order valence-corrected chi connectivity index (χ2v) is 7.70. The molecule has 0 aromatic carbocycles.